The monoisotopic (exact) mass is 809 g/mol. The number of hydrogen-bond donors (Lipinski definition) is 0. The van der Waals surface area contributed by atoms with Crippen molar-refractivity contribution in [2.75, 3.05) is 0 Å². The van der Waals surface area contributed by atoms with Crippen molar-refractivity contribution in [2.45, 2.75) is 0 Å². The zero-order chi connectivity index (χ0) is 41.0. The molecule has 0 fully saturated rings. The summed E-state index contributed by atoms with van der Waals surface area (Å²) in [6.45, 7) is 0. The summed E-state index contributed by atoms with van der Waals surface area (Å²) < 4.78 is 8.92. The number of rotatable bonds is 7. The first-order valence-corrected chi connectivity index (χ1v) is 21.6. The van der Waals surface area contributed by atoms with Crippen LogP contribution in [-0.2, 0) is 0 Å². The van der Waals surface area contributed by atoms with Crippen LogP contribution in [-0.4, -0.2) is 15.0 Å². The van der Waals surface area contributed by atoms with E-state index in [0.29, 0.717) is 17.5 Å². The normalized spacial score (nSPS) is 11.5. The molecule has 0 radical (unpaired) electrons. The van der Waals surface area contributed by atoms with Crippen LogP contribution >= 0.6 is 11.3 Å². The molecule has 0 spiro atoms. The van der Waals surface area contributed by atoms with Gasteiger partial charge in [-0.25, -0.2) is 15.0 Å². The fourth-order valence-corrected chi connectivity index (χ4v) is 10.1. The Morgan fingerprint density at radius 1 is 0.290 bits per heavy atom. The first kappa shape index (κ1) is 35.9. The van der Waals surface area contributed by atoms with Crippen molar-refractivity contribution in [3.05, 3.63) is 212 Å². The third kappa shape index (κ3) is 6.26. The molecule has 0 bridgehead atoms. The topological polar surface area (TPSA) is 51.8 Å². The summed E-state index contributed by atoms with van der Waals surface area (Å²) in [5.41, 5.74) is 13.7. The van der Waals surface area contributed by atoms with Crippen molar-refractivity contribution >= 4 is 53.4 Å². The quantitative estimate of drug-likeness (QED) is 0.161. The highest BCUT2D eigenvalue weighted by Gasteiger charge is 2.20. The highest BCUT2D eigenvalue weighted by Crippen LogP contribution is 2.47. The minimum Gasteiger partial charge on any atom is -0.456 e. The third-order valence-electron chi connectivity index (χ3n) is 11.7. The number of fused-ring (bicyclic) bond motifs is 6. The van der Waals surface area contributed by atoms with Crippen molar-refractivity contribution in [2.24, 2.45) is 0 Å². The summed E-state index contributed by atoms with van der Waals surface area (Å²) in [4.78, 5) is 15.5. The molecule has 0 atom stereocenters. The molecule has 290 valence electrons. The summed E-state index contributed by atoms with van der Waals surface area (Å²) in [5.74, 6) is 1.85. The summed E-state index contributed by atoms with van der Waals surface area (Å²) >= 11 is 1.86. The van der Waals surface area contributed by atoms with Crippen LogP contribution in [0.25, 0.3) is 121 Å². The molecule has 9 aromatic carbocycles. The third-order valence-corrected chi connectivity index (χ3v) is 13.0. The molecule has 0 saturated carbocycles. The van der Waals surface area contributed by atoms with Crippen LogP contribution in [0.1, 0.15) is 0 Å². The highest BCUT2D eigenvalue weighted by atomic mass is 32.1. The van der Waals surface area contributed by atoms with Crippen LogP contribution in [0.15, 0.2) is 217 Å². The molecule has 0 aliphatic rings. The van der Waals surface area contributed by atoms with Crippen LogP contribution in [0.2, 0.25) is 0 Å². The number of benzene rings is 9. The van der Waals surface area contributed by atoms with Gasteiger partial charge in [0.2, 0.25) is 0 Å². The van der Waals surface area contributed by atoms with Crippen molar-refractivity contribution in [3.63, 3.8) is 0 Å². The van der Waals surface area contributed by atoms with E-state index in [-0.39, 0.29) is 0 Å². The van der Waals surface area contributed by atoms with Crippen LogP contribution in [0, 0.1) is 0 Å². The number of para-hydroxylation sites is 1. The van der Waals surface area contributed by atoms with E-state index in [1.165, 1.54) is 42.4 Å². The van der Waals surface area contributed by atoms with E-state index in [1.54, 1.807) is 0 Å². The average Bonchev–Trinajstić information content (AvgIpc) is 3.93. The molecule has 0 aliphatic heterocycles. The van der Waals surface area contributed by atoms with Gasteiger partial charge in [-0.1, -0.05) is 170 Å². The Kier molecular flexibility index (Phi) is 8.65. The van der Waals surface area contributed by atoms with Gasteiger partial charge in [0, 0.05) is 53.2 Å². The van der Waals surface area contributed by atoms with Gasteiger partial charge in [-0.2, -0.15) is 0 Å². The number of thiophene rings is 1. The minimum atomic E-state index is 0.604. The first-order chi connectivity index (χ1) is 30.7. The molecule has 12 aromatic rings. The van der Waals surface area contributed by atoms with Gasteiger partial charge in [-0.3, -0.25) is 0 Å². The minimum absolute atomic E-state index is 0.604. The summed E-state index contributed by atoms with van der Waals surface area (Å²) in [6.07, 6.45) is 0. The van der Waals surface area contributed by atoms with Gasteiger partial charge in [0.1, 0.15) is 11.2 Å². The zero-order valence-electron chi connectivity index (χ0n) is 33.4. The maximum absolute atomic E-state index is 6.42. The molecular weight excluding hydrogens is 775 g/mol. The van der Waals surface area contributed by atoms with Gasteiger partial charge in [-0.15, -0.1) is 11.3 Å². The van der Waals surface area contributed by atoms with Crippen LogP contribution < -0.4 is 0 Å². The fourth-order valence-electron chi connectivity index (χ4n) is 8.78. The van der Waals surface area contributed by atoms with Crippen molar-refractivity contribution in [1.29, 1.82) is 0 Å². The number of hydrogen-bond acceptors (Lipinski definition) is 5. The van der Waals surface area contributed by atoms with E-state index in [9.17, 15) is 0 Å². The fraction of sp³-hybridized carbons (Fsp3) is 0. The van der Waals surface area contributed by atoms with Gasteiger partial charge < -0.3 is 4.42 Å². The van der Waals surface area contributed by atoms with Gasteiger partial charge in [0.25, 0.3) is 0 Å². The van der Waals surface area contributed by atoms with Gasteiger partial charge in [-0.05, 0) is 81.4 Å². The first-order valence-electron chi connectivity index (χ1n) is 20.8. The van der Waals surface area contributed by atoms with Gasteiger partial charge in [0.15, 0.2) is 17.5 Å². The molecule has 3 aromatic heterocycles. The maximum Gasteiger partial charge on any atom is 0.164 e. The lowest BCUT2D eigenvalue weighted by Gasteiger charge is -2.13. The predicted molar refractivity (Wildman–Crippen MR) is 258 cm³/mol. The van der Waals surface area contributed by atoms with Crippen molar-refractivity contribution < 1.29 is 4.42 Å². The van der Waals surface area contributed by atoms with E-state index in [0.717, 1.165) is 60.9 Å². The van der Waals surface area contributed by atoms with Gasteiger partial charge in [0.05, 0.1) is 0 Å². The standard InChI is InChI=1S/C57H35N3OS/c1-5-17-36(18-6-1)40-34-48(37-19-7-2-8-20-37)54-49(35-40)46-28-15-27-45(53(46)62-54)42-31-41(44-26-16-30-51-52(44)47-25-13-14-29-50(47)61-51)32-43(33-42)57-59-55(38-21-9-3-10-22-38)58-56(60-57)39-23-11-4-12-24-39/h1-35H. The Balaban J connectivity index is 1.14. The molecule has 12 rings (SSSR count). The van der Waals surface area contributed by atoms with E-state index < -0.39 is 0 Å². The molecular formula is C57H35N3OS. The molecule has 0 aliphatic carbocycles. The van der Waals surface area contributed by atoms with Crippen molar-refractivity contribution in [1.82, 2.24) is 15.0 Å². The van der Waals surface area contributed by atoms with E-state index in [4.69, 9.17) is 19.4 Å². The Morgan fingerprint density at radius 2 is 0.774 bits per heavy atom. The molecule has 5 heteroatoms. The Morgan fingerprint density at radius 3 is 1.45 bits per heavy atom. The van der Waals surface area contributed by atoms with Crippen LogP contribution in [0.3, 0.4) is 0 Å². The summed E-state index contributed by atoms with van der Waals surface area (Å²) in [5, 5.41) is 4.63. The van der Waals surface area contributed by atoms with Crippen LogP contribution in [0.4, 0.5) is 0 Å². The molecule has 0 amide bonds. The number of furan rings is 1. The van der Waals surface area contributed by atoms with E-state index in [2.05, 4.69) is 164 Å². The lowest BCUT2D eigenvalue weighted by Crippen LogP contribution is -2.00. The lowest BCUT2D eigenvalue weighted by atomic mass is 9.92. The second kappa shape index (κ2) is 14.9. The highest BCUT2D eigenvalue weighted by molar-refractivity contribution is 7.26. The molecule has 0 N–H and O–H groups in total. The molecule has 62 heavy (non-hydrogen) atoms. The van der Waals surface area contributed by atoms with Crippen LogP contribution in [0.5, 0.6) is 0 Å². The number of nitrogens with zero attached hydrogens (tertiary/aromatic N) is 3. The molecule has 0 unspecified atom stereocenters. The van der Waals surface area contributed by atoms with E-state index in [1.807, 2.05) is 59.9 Å². The second-order valence-electron chi connectivity index (χ2n) is 15.5. The number of aromatic nitrogens is 3. The smallest absolute Gasteiger partial charge is 0.164 e. The SMILES string of the molecule is c1ccc(-c2cc(-c3ccccc3)c3sc4c(-c5cc(-c6nc(-c7ccccc7)nc(-c7ccccc7)n6)cc(-c6cccc7oc8ccccc8c67)c5)cccc4c3c2)cc1. The zero-order valence-corrected chi connectivity index (χ0v) is 34.2. The maximum atomic E-state index is 6.42. The Hall–Kier alpha value is -7.99. The largest absolute Gasteiger partial charge is 0.456 e. The van der Waals surface area contributed by atoms with Crippen molar-refractivity contribution in [3.8, 4) is 78.7 Å². The summed E-state index contributed by atoms with van der Waals surface area (Å²) in [6, 6.07) is 74.6. The molecule has 3 heterocycles. The Bertz CT molecular complexity index is 3560. The molecule has 4 nitrogen and oxygen atoms in total. The Labute approximate surface area is 362 Å². The van der Waals surface area contributed by atoms with E-state index >= 15 is 0 Å². The predicted octanol–water partition coefficient (Wildman–Crippen LogP) is 15.8. The molecule has 0 saturated heterocycles. The lowest BCUT2D eigenvalue weighted by molar-refractivity contribution is 0.669. The van der Waals surface area contributed by atoms with Gasteiger partial charge >= 0.3 is 0 Å². The summed E-state index contributed by atoms with van der Waals surface area (Å²) in [7, 11) is 0. The second-order valence-corrected chi connectivity index (χ2v) is 16.6. The average molecular weight is 810 g/mol.